The van der Waals surface area contributed by atoms with Gasteiger partial charge in [-0.25, -0.2) is 0 Å². The van der Waals surface area contributed by atoms with Crippen LogP contribution >= 0.6 is 12.2 Å². The van der Waals surface area contributed by atoms with Crippen molar-refractivity contribution < 1.29 is 9.53 Å². The Morgan fingerprint density at radius 1 is 1.53 bits per heavy atom. The van der Waals surface area contributed by atoms with Gasteiger partial charge in [0.05, 0.1) is 13.2 Å². The van der Waals surface area contributed by atoms with Gasteiger partial charge in [0.15, 0.2) is 5.11 Å². The maximum absolute atomic E-state index is 11.2. The molecule has 1 aromatic rings. The second-order valence-corrected chi connectivity index (χ2v) is 4.26. The minimum absolute atomic E-state index is 0.147. The lowest BCUT2D eigenvalue weighted by Gasteiger charge is -2.14. The van der Waals surface area contributed by atoms with E-state index in [9.17, 15) is 4.79 Å². The zero-order valence-corrected chi connectivity index (χ0v) is 10.4. The third kappa shape index (κ3) is 2.74. The predicted molar refractivity (Wildman–Crippen MR) is 68.5 cm³/mol. The van der Waals surface area contributed by atoms with E-state index in [0.29, 0.717) is 11.7 Å². The number of thiocarbonyl (C=S) groups is 1. The molecular formula is C12H14N2O2S. The molecule has 17 heavy (non-hydrogen) atoms. The number of esters is 1. The number of carbonyl (C=O) groups excluding carboxylic acids is 1. The monoisotopic (exact) mass is 250 g/mol. The number of benzene rings is 1. The lowest BCUT2D eigenvalue weighted by Crippen LogP contribution is -2.33. The summed E-state index contributed by atoms with van der Waals surface area (Å²) >= 11 is 5.19. The molecule has 1 atom stereocenters. The number of nitrogens with one attached hydrogen (secondary N) is 1. The van der Waals surface area contributed by atoms with Gasteiger partial charge in [0.1, 0.15) is 6.54 Å². The highest BCUT2D eigenvalue weighted by atomic mass is 32.1. The highest BCUT2D eigenvalue weighted by molar-refractivity contribution is 7.80. The van der Waals surface area contributed by atoms with Crippen molar-refractivity contribution in [2.45, 2.75) is 6.04 Å². The average molecular weight is 250 g/mol. The first-order valence-electron chi connectivity index (χ1n) is 5.38. The molecule has 1 saturated heterocycles. The highest BCUT2D eigenvalue weighted by Crippen LogP contribution is 2.19. The Bertz CT molecular complexity index is 422. The van der Waals surface area contributed by atoms with Crippen LogP contribution in [0.5, 0.6) is 0 Å². The lowest BCUT2D eigenvalue weighted by atomic mass is 10.1. The summed E-state index contributed by atoms with van der Waals surface area (Å²) in [6.45, 7) is 0.892. The zero-order chi connectivity index (χ0) is 12.3. The molecule has 1 aromatic carbocycles. The largest absolute Gasteiger partial charge is 0.468 e. The predicted octanol–water partition coefficient (Wildman–Crippen LogP) is 1.09. The fraction of sp³-hybridized carbons (Fsp3) is 0.333. The molecule has 0 radical (unpaired) electrons. The molecule has 1 N–H and O–H groups in total. The first-order valence-corrected chi connectivity index (χ1v) is 5.78. The SMILES string of the molecule is COC(=O)CN1C[C@@H](c2ccccc2)NC1=S. The highest BCUT2D eigenvalue weighted by Gasteiger charge is 2.28. The van der Waals surface area contributed by atoms with Crippen LogP contribution < -0.4 is 5.32 Å². The van der Waals surface area contributed by atoms with Gasteiger partial charge in [0, 0.05) is 6.54 Å². The van der Waals surface area contributed by atoms with E-state index in [-0.39, 0.29) is 18.6 Å². The number of carbonyl (C=O) groups is 1. The summed E-state index contributed by atoms with van der Waals surface area (Å²) in [7, 11) is 1.38. The molecule has 0 unspecified atom stereocenters. The van der Waals surface area contributed by atoms with Gasteiger partial charge in [-0.05, 0) is 17.8 Å². The summed E-state index contributed by atoms with van der Waals surface area (Å²) in [4.78, 5) is 13.0. The van der Waals surface area contributed by atoms with Gasteiger partial charge in [0.2, 0.25) is 0 Å². The van der Waals surface area contributed by atoms with E-state index >= 15 is 0 Å². The Labute approximate surface area is 106 Å². The minimum atomic E-state index is -0.275. The maximum atomic E-state index is 11.2. The Balaban J connectivity index is 2.02. The third-order valence-corrected chi connectivity index (χ3v) is 3.11. The van der Waals surface area contributed by atoms with Crippen molar-refractivity contribution in [1.82, 2.24) is 10.2 Å². The number of rotatable bonds is 3. The van der Waals surface area contributed by atoms with E-state index in [1.807, 2.05) is 35.2 Å². The van der Waals surface area contributed by atoms with Crippen LogP contribution in [-0.2, 0) is 9.53 Å². The Morgan fingerprint density at radius 3 is 2.88 bits per heavy atom. The second kappa shape index (κ2) is 5.14. The first kappa shape index (κ1) is 11.9. The molecule has 1 aliphatic heterocycles. The minimum Gasteiger partial charge on any atom is -0.468 e. The lowest BCUT2D eigenvalue weighted by molar-refractivity contribution is -0.140. The molecule has 4 nitrogen and oxygen atoms in total. The van der Waals surface area contributed by atoms with Gasteiger partial charge >= 0.3 is 5.97 Å². The van der Waals surface area contributed by atoms with E-state index in [4.69, 9.17) is 12.2 Å². The van der Waals surface area contributed by atoms with E-state index < -0.39 is 0 Å². The van der Waals surface area contributed by atoms with Crippen LogP contribution in [0, 0.1) is 0 Å². The van der Waals surface area contributed by atoms with Gasteiger partial charge in [-0.3, -0.25) is 4.79 Å². The summed E-state index contributed by atoms with van der Waals surface area (Å²) in [6.07, 6.45) is 0. The van der Waals surface area contributed by atoms with Crippen LogP contribution in [0.4, 0.5) is 0 Å². The fourth-order valence-electron chi connectivity index (χ4n) is 1.82. The summed E-state index contributed by atoms with van der Waals surface area (Å²) in [5.41, 5.74) is 1.17. The molecule has 0 aliphatic carbocycles. The molecular weight excluding hydrogens is 236 g/mol. The van der Waals surface area contributed by atoms with Crippen molar-refractivity contribution in [1.29, 1.82) is 0 Å². The molecule has 2 rings (SSSR count). The van der Waals surface area contributed by atoms with Gasteiger partial charge in [-0.2, -0.15) is 0 Å². The Morgan fingerprint density at radius 2 is 2.24 bits per heavy atom. The average Bonchev–Trinajstić information content (AvgIpc) is 2.72. The van der Waals surface area contributed by atoms with Crippen LogP contribution in [0.15, 0.2) is 30.3 Å². The van der Waals surface area contributed by atoms with E-state index in [1.54, 1.807) is 0 Å². The van der Waals surface area contributed by atoms with Crippen molar-refractivity contribution in [2.75, 3.05) is 20.2 Å². The number of methoxy groups -OCH3 is 1. The van der Waals surface area contributed by atoms with E-state index in [0.717, 1.165) is 0 Å². The molecule has 1 heterocycles. The molecule has 0 spiro atoms. The molecule has 0 saturated carbocycles. The standard InChI is InChI=1S/C12H14N2O2S/c1-16-11(15)8-14-7-10(13-12(14)17)9-5-3-2-4-6-9/h2-6,10H,7-8H2,1H3,(H,13,17)/t10-/m0/s1. The molecule has 1 aliphatic rings. The summed E-state index contributed by atoms with van der Waals surface area (Å²) in [6, 6.07) is 10.2. The fourth-order valence-corrected chi connectivity index (χ4v) is 2.10. The van der Waals surface area contributed by atoms with E-state index in [2.05, 4.69) is 10.1 Å². The smallest absolute Gasteiger partial charge is 0.325 e. The molecule has 0 aromatic heterocycles. The van der Waals surface area contributed by atoms with Gasteiger partial charge in [-0.1, -0.05) is 30.3 Å². The molecule has 90 valence electrons. The quantitative estimate of drug-likeness (QED) is 0.642. The van der Waals surface area contributed by atoms with Gasteiger partial charge < -0.3 is 15.0 Å². The van der Waals surface area contributed by atoms with Crippen molar-refractivity contribution in [3.63, 3.8) is 0 Å². The van der Waals surface area contributed by atoms with Crippen LogP contribution in [0.1, 0.15) is 11.6 Å². The van der Waals surface area contributed by atoms with E-state index in [1.165, 1.54) is 12.7 Å². The number of hydrogen-bond acceptors (Lipinski definition) is 3. The normalized spacial score (nSPS) is 19.0. The van der Waals surface area contributed by atoms with Gasteiger partial charge in [-0.15, -0.1) is 0 Å². The van der Waals surface area contributed by atoms with Gasteiger partial charge in [0.25, 0.3) is 0 Å². The van der Waals surface area contributed by atoms with Crippen molar-refractivity contribution in [3.8, 4) is 0 Å². The Kier molecular flexibility index (Phi) is 3.58. The van der Waals surface area contributed by atoms with Crippen molar-refractivity contribution in [2.24, 2.45) is 0 Å². The summed E-state index contributed by atoms with van der Waals surface area (Å²) in [5, 5.41) is 3.80. The molecule has 0 bridgehead atoms. The number of hydrogen-bond donors (Lipinski definition) is 1. The first-order chi connectivity index (χ1) is 8.20. The van der Waals surface area contributed by atoms with Crippen LogP contribution in [-0.4, -0.2) is 36.2 Å². The summed E-state index contributed by atoms with van der Waals surface area (Å²) in [5.74, 6) is -0.275. The number of ether oxygens (including phenoxy) is 1. The third-order valence-electron chi connectivity index (χ3n) is 2.74. The molecule has 0 amide bonds. The zero-order valence-electron chi connectivity index (χ0n) is 9.55. The van der Waals surface area contributed by atoms with Crippen LogP contribution in [0.3, 0.4) is 0 Å². The Hall–Kier alpha value is -1.62. The second-order valence-electron chi connectivity index (χ2n) is 3.87. The molecule has 1 fully saturated rings. The van der Waals surface area contributed by atoms with Crippen molar-refractivity contribution >= 4 is 23.3 Å². The van der Waals surface area contributed by atoms with Crippen molar-refractivity contribution in [3.05, 3.63) is 35.9 Å². The maximum Gasteiger partial charge on any atom is 0.325 e. The van der Waals surface area contributed by atoms with Crippen LogP contribution in [0.2, 0.25) is 0 Å². The number of nitrogens with zero attached hydrogens (tertiary/aromatic N) is 1. The van der Waals surface area contributed by atoms with Crippen LogP contribution in [0.25, 0.3) is 0 Å². The molecule has 5 heteroatoms. The topological polar surface area (TPSA) is 41.6 Å². The summed E-state index contributed by atoms with van der Waals surface area (Å²) < 4.78 is 4.63.